The van der Waals surface area contributed by atoms with Crippen molar-refractivity contribution < 1.29 is 14.3 Å². The van der Waals surface area contributed by atoms with E-state index in [0.29, 0.717) is 30.2 Å². The fourth-order valence-corrected chi connectivity index (χ4v) is 2.79. The van der Waals surface area contributed by atoms with Gasteiger partial charge in [-0.25, -0.2) is 9.36 Å². The van der Waals surface area contributed by atoms with Crippen LogP contribution in [0.25, 0.3) is 11.3 Å². The van der Waals surface area contributed by atoms with Crippen LogP contribution in [0, 0.1) is 0 Å². The number of carbonyl (C=O) groups excluding carboxylic acids is 1. The first kappa shape index (κ1) is 17.7. The van der Waals surface area contributed by atoms with E-state index in [0.717, 1.165) is 5.56 Å². The highest BCUT2D eigenvalue weighted by Crippen LogP contribution is 2.23. The highest BCUT2D eigenvalue weighted by atomic mass is 16.5. The first-order chi connectivity index (χ1) is 12.7. The van der Waals surface area contributed by atoms with E-state index in [-0.39, 0.29) is 0 Å². The Morgan fingerprint density at radius 3 is 2.38 bits per heavy atom. The predicted octanol–water partition coefficient (Wildman–Crippen LogP) is 2.66. The molecule has 6 nitrogen and oxygen atoms in total. The molecule has 134 valence electrons. The second kappa shape index (κ2) is 7.84. The van der Waals surface area contributed by atoms with E-state index in [4.69, 9.17) is 9.47 Å². The van der Waals surface area contributed by atoms with Crippen molar-refractivity contribution in [1.29, 1.82) is 0 Å². The molecule has 0 fully saturated rings. The summed E-state index contributed by atoms with van der Waals surface area (Å²) in [4.78, 5) is 26.1. The summed E-state index contributed by atoms with van der Waals surface area (Å²) in [6.45, 7) is 0.738. The molecule has 0 atom stereocenters. The Morgan fingerprint density at radius 2 is 1.69 bits per heavy atom. The summed E-state index contributed by atoms with van der Waals surface area (Å²) < 4.78 is 13.0. The predicted molar refractivity (Wildman–Crippen MR) is 98.7 cm³/mol. The van der Waals surface area contributed by atoms with Crippen molar-refractivity contribution in [2.75, 3.05) is 20.8 Å². The smallest absolute Gasteiger partial charge is 0.335 e. The largest absolute Gasteiger partial charge is 0.496 e. The minimum atomic E-state index is -0.428. The average molecular weight is 352 g/mol. The summed E-state index contributed by atoms with van der Waals surface area (Å²) in [6, 6.07) is 16.2. The Kier molecular flexibility index (Phi) is 5.34. The van der Waals surface area contributed by atoms with Gasteiger partial charge >= 0.3 is 5.69 Å². The van der Waals surface area contributed by atoms with E-state index in [1.165, 1.54) is 16.2 Å². The van der Waals surface area contributed by atoms with Crippen LogP contribution in [0.2, 0.25) is 0 Å². The molecule has 2 aromatic carbocycles. The van der Waals surface area contributed by atoms with Crippen LogP contribution in [-0.4, -0.2) is 35.9 Å². The molecule has 0 radical (unpaired) electrons. The molecule has 0 N–H and O–H groups in total. The molecule has 0 amide bonds. The maximum absolute atomic E-state index is 13.2. The Hall–Kier alpha value is -3.12. The summed E-state index contributed by atoms with van der Waals surface area (Å²) in [5.41, 5.74) is 1.24. The molecule has 3 aromatic rings. The molecular formula is C20H20N2O4. The quantitative estimate of drug-likeness (QED) is 0.684. The fraction of sp³-hybridized carbons (Fsp3) is 0.200. The van der Waals surface area contributed by atoms with Crippen LogP contribution >= 0.6 is 0 Å². The number of ether oxygens (including phenoxy) is 2. The van der Waals surface area contributed by atoms with Gasteiger partial charge in [0, 0.05) is 18.9 Å². The Balaban J connectivity index is 2.17. The van der Waals surface area contributed by atoms with Crippen molar-refractivity contribution >= 4 is 5.91 Å². The molecule has 0 bridgehead atoms. The Labute approximate surface area is 151 Å². The monoisotopic (exact) mass is 352 g/mol. The maximum atomic E-state index is 13.2. The van der Waals surface area contributed by atoms with Crippen molar-refractivity contribution in [1.82, 2.24) is 9.13 Å². The topological polar surface area (TPSA) is 62.5 Å². The van der Waals surface area contributed by atoms with Gasteiger partial charge in [-0.15, -0.1) is 0 Å². The lowest BCUT2D eigenvalue weighted by atomic mass is 10.1. The zero-order valence-electron chi connectivity index (χ0n) is 14.7. The van der Waals surface area contributed by atoms with E-state index >= 15 is 0 Å². The summed E-state index contributed by atoms with van der Waals surface area (Å²) in [5.74, 6) is -0.00415. The number of rotatable bonds is 6. The van der Waals surface area contributed by atoms with Crippen LogP contribution in [-0.2, 0) is 11.3 Å². The molecule has 0 saturated heterocycles. The van der Waals surface area contributed by atoms with Gasteiger partial charge in [-0.1, -0.05) is 42.5 Å². The lowest BCUT2D eigenvalue weighted by Gasteiger charge is -2.09. The number of carbonyl (C=O) groups is 1. The first-order valence-corrected chi connectivity index (χ1v) is 8.21. The number of aromatic nitrogens is 2. The van der Waals surface area contributed by atoms with Crippen molar-refractivity contribution in [2.24, 2.45) is 0 Å². The van der Waals surface area contributed by atoms with Gasteiger partial charge in [0.15, 0.2) is 0 Å². The minimum absolute atomic E-state index is 0.332. The van der Waals surface area contributed by atoms with E-state index < -0.39 is 11.6 Å². The van der Waals surface area contributed by atoms with Gasteiger partial charge in [-0.05, 0) is 12.1 Å². The second-order valence-electron chi connectivity index (χ2n) is 5.69. The summed E-state index contributed by atoms with van der Waals surface area (Å²) in [5, 5.41) is 0. The number of nitrogens with zero attached hydrogens (tertiary/aromatic N) is 2. The Morgan fingerprint density at radius 1 is 1.00 bits per heavy atom. The molecule has 0 spiro atoms. The third kappa shape index (κ3) is 3.32. The highest BCUT2D eigenvalue weighted by molar-refractivity contribution is 6.00. The number of hydrogen-bond acceptors (Lipinski definition) is 4. The van der Waals surface area contributed by atoms with E-state index in [1.54, 1.807) is 37.6 Å². The van der Waals surface area contributed by atoms with Gasteiger partial charge in [0.1, 0.15) is 5.75 Å². The van der Waals surface area contributed by atoms with Crippen LogP contribution in [0.1, 0.15) is 10.4 Å². The molecule has 0 aliphatic heterocycles. The lowest BCUT2D eigenvalue weighted by Crippen LogP contribution is -2.31. The normalized spacial score (nSPS) is 10.7. The molecule has 26 heavy (non-hydrogen) atoms. The standard InChI is InChI=1S/C20H20N2O4/c1-25-13-12-21-14-17(15-8-4-3-5-9-15)22(20(21)24)19(23)16-10-6-7-11-18(16)26-2/h3-11,14H,12-13H2,1-2H3. The summed E-state index contributed by atoms with van der Waals surface area (Å²) in [7, 11) is 3.07. The van der Waals surface area contributed by atoms with Gasteiger partial charge in [-0.3, -0.25) is 9.36 Å². The minimum Gasteiger partial charge on any atom is -0.496 e. The molecule has 0 unspecified atom stereocenters. The van der Waals surface area contributed by atoms with Crippen molar-refractivity contribution in [2.45, 2.75) is 6.54 Å². The molecule has 0 aliphatic carbocycles. The van der Waals surface area contributed by atoms with E-state index in [9.17, 15) is 9.59 Å². The van der Waals surface area contributed by atoms with Gasteiger partial charge in [0.2, 0.25) is 0 Å². The maximum Gasteiger partial charge on any atom is 0.335 e. The van der Waals surface area contributed by atoms with Crippen molar-refractivity contribution in [3.05, 3.63) is 76.8 Å². The van der Waals surface area contributed by atoms with Crippen LogP contribution in [0.4, 0.5) is 0 Å². The van der Waals surface area contributed by atoms with Crippen LogP contribution < -0.4 is 10.4 Å². The lowest BCUT2D eigenvalue weighted by molar-refractivity contribution is 0.0953. The molecule has 0 aliphatic rings. The van der Waals surface area contributed by atoms with Crippen LogP contribution in [0.15, 0.2) is 65.6 Å². The van der Waals surface area contributed by atoms with Gasteiger partial charge in [0.05, 0.1) is 31.5 Å². The van der Waals surface area contributed by atoms with Crippen molar-refractivity contribution in [3.63, 3.8) is 0 Å². The zero-order chi connectivity index (χ0) is 18.5. The molecular weight excluding hydrogens is 332 g/mol. The molecule has 1 heterocycles. The summed E-state index contributed by atoms with van der Waals surface area (Å²) in [6.07, 6.45) is 1.68. The highest BCUT2D eigenvalue weighted by Gasteiger charge is 2.22. The SMILES string of the molecule is COCCn1cc(-c2ccccc2)n(C(=O)c2ccccc2OC)c1=O. The first-order valence-electron chi connectivity index (χ1n) is 8.21. The van der Waals surface area contributed by atoms with Gasteiger partial charge in [0.25, 0.3) is 5.91 Å². The van der Waals surface area contributed by atoms with Crippen molar-refractivity contribution in [3.8, 4) is 17.0 Å². The average Bonchev–Trinajstić information content (AvgIpc) is 3.02. The van der Waals surface area contributed by atoms with E-state index in [2.05, 4.69) is 0 Å². The number of benzene rings is 2. The number of hydrogen-bond donors (Lipinski definition) is 0. The zero-order valence-corrected chi connectivity index (χ0v) is 14.7. The fourth-order valence-electron chi connectivity index (χ4n) is 2.79. The van der Waals surface area contributed by atoms with Crippen LogP contribution in [0.5, 0.6) is 5.75 Å². The number of para-hydroxylation sites is 1. The third-order valence-corrected chi connectivity index (χ3v) is 4.10. The number of imidazole rings is 1. The second-order valence-corrected chi connectivity index (χ2v) is 5.69. The Bertz CT molecular complexity index is 957. The number of methoxy groups -OCH3 is 2. The van der Waals surface area contributed by atoms with Crippen LogP contribution in [0.3, 0.4) is 0 Å². The van der Waals surface area contributed by atoms with Gasteiger partial charge < -0.3 is 9.47 Å². The van der Waals surface area contributed by atoms with Gasteiger partial charge in [-0.2, -0.15) is 0 Å². The molecule has 6 heteroatoms. The molecule has 3 rings (SSSR count). The summed E-state index contributed by atoms with van der Waals surface area (Å²) >= 11 is 0. The third-order valence-electron chi connectivity index (χ3n) is 4.10. The molecule has 1 aromatic heterocycles. The van der Waals surface area contributed by atoms with E-state index in [1.807, 2.05) is 30.3 Å². The molecule has 0 saturated carbocycles.